The summed E-state index contributed by atoms with van der Waals surface area (Å²) in [4.78, 5) is 8.80. The molecule has 0 spiro atoms. The van der Waals surface area contributed by atoms with Crippen LogP contribution in [0.2, 0.25) is 0 Å². The summed E-state index contributed by atoms with van der Waals surface area (Å²) in [6.07, 6.45) is 0.650. The van der Waals surface area contributed by atoms with Gasteiger partial charge in [-0.3, -0.25) is 4.98 Å². The fraction of sp³-hybridized carbons (Fsp3) is 0.176. The molecule has 1 radical (unpaired) electrons. The Morgan fingerprint density at radius 2 is 1.33 bits per heavy atom. The first-order chi connectivity index (χ1) is 9.83. The minimum Gasteiger partial charge on any atom is -0.481 e. The third-order valence-electron chi connectivity index (χ3n) is 2.86. The molecule has 0 saturated heterocycles. The van der Waals surface area contributed by atoms with E-state index in [0.717, 1.165) is 22.3 Å². The van der Waals surface area contributed by atoms with E-state index in [-0.39, 0.29) is 38.5 Å². The van der Waals surface area contributed by atoms with Crippen LogP contribution in [0.25, 0.3) is 16.8 Å². The van der Waals surface area contributed by atoms with Crippen LogP contribution in [0.15, 0.2) is 54.6 Å². The zero-order chi connectivity index (χ0) is 14.4. The Kier molecular flexibility index (Phi) is 7.48. The fourth-order valence-corrected chi connectivity index (χ4v) is 1.95. The van der Waals surface area contributed by atoms with Gasteiger partial charge in [0.1, 0.15) is 0 Å². The number of nitrogens with zero attached hydrogens (tertiary/aromatic N) is 2. The van der Waals surface area contributed by atoms with Gasteiger partial charge in [-0.05, 0) is 23.0 Å². The molecular formula is C17H18N3Y-. The number of aromatic nitrogens is 2. The van der Waals surface area contributed by atoms with Gasteiger partial charge < -0.3 is 10.7 Å². The van der Waals surface area contributed by atoms with Crippen molar-refractivity contribution in [3.05, 3.63) is 71.6 Å². The van der Waals surface area contributed by atoms with Crippen LogP contribution in [0.1, 0.15) is 25.1 Å². The van der Waals surface area contributed by atoms with Gasteiger partial charge in [0.05, 0.1) is 5.52 Å². The Labute approximate surface area is 150 Å². The molecule has 1 aromatic heterocycles. The first kappa shape index (κ1) is 17.7. The quantitative estimate of drug-likeness (QED) is 0.656. The van der Waals surface area contributed by atoms with Crippen molar-refractivity contribution in [2.45, 2.75) is 20.3 Å². The molecule has 2 aromatic carbocycles. The maximum atomic E-state index is 7.93. The van der Waals surface area contributed by atoms with Crippen molar-refractivity contribution in [3.63, 3.8) is 0 Å². The van der Waals surface area contributed by atoms with E-state index >= 15 is 0 Å². The SMILES string of the molecule is CC.[NH-]c1nc2ccccc2nc1Cc1ccccc1.[Y]. The van der Waals surface area contributed by atoms with Crippen LogP contribution in [-0.2, 0) is 39.1 Å². The van der Waals surface area contributed by atoms with E-state index in [1.54, 1.807) is 0 Å². The topological polar surface area (TPSA) is 49.6 Å². The van der Waals surface area contributed by atoms with Crippen LogP contribution in [0, 0.1) is 0 Å². The first-order valence-corrected chi connectivity index (χ1v) is 6.84. The van der Waals surface area contributed by atoms with Crippen molar-refractivity contribution >= 4 is 16.9 Å². The van der Waals surface area contributed by atoms with Crippen LogP contribution < -0.4 is 0 Å². The number of nitrogens with one attached hydrogen (secondary N) is 1. The van der Waals surface area contributed by atoms with E-state index in [0.29, 0.717) is 6.42 Å². The van der Waals surface area contributed by atoms with Gasteiger partial charge in [-0.15, -0.1) is 0 Å². The molecule has 0 aliphatic carbocycles. The number of benzene rings is 2. The summed E-state index contributed by atoms with van der Waals surface area (Å²) in [5, 5.41) is 0. The summed E-state index contributed by atoms with van der Waals surface area (Å²) in [6.45, 7) is 4.00. The van der Waals surface area contributed by atoms with Gasteiger partial charge in [-0.2, -0.15) is 0 Å². The third-order valence-corrected chi connectivity index (χ3v) is 2.86. The molecule has 0 atom stereocenters. The second-order valence-electron chi connectivity index (χ2n) is 4.17. The molecule has 1 N–H and O–H groups in total. The summed E-state index contributed by atoms with van der Waals surface area (Å²) in [5.74, 6) is 0.262. The van der Waals surface area contributed by atoms with Gasteiger partial charge in [-0.1, -0.05) is 62.4 Å². The molecule has 3 nitrogen and oxygen atoms in total. The molecule has 0 amide bonds. The monoisotopic (exact) mass is 353 g/mol. The Morgan fingerprint density at radius 1 is 0.810 bits per heavy atom. The van der Waals surface area contributed by atoms with E-state index in [9.17, 15) is 0 Å². The molecule has 0 bridgehead atoms. The third kappa shape index (κ3) is 4.58. The average molecular weight is 353 g/mol. The molecule has 0 aliphatic rings. The van der Waals surface area contributed by atoms with E-state index in [4.69, 9.17) is 5.73 Å². The molecular weight excluding hydrogens is 335 g/mol. The zero-order valence-corrected chi connectivity index (χ0v) is 15.2. The number of rotatable bonds is 2. The number of hydrogen-bond donors (Lipinski definition) is 0. The van der Waals surface area contributed by atoms with Gasteiger partial charge in [0.25, 0.3) is 0 Å². The molecule has 0 unspecified atom stereocenters. The van der Waals surface area contributed by atoms with Crippen LogP contribution in [0.3, 0.4) is 0 Å². The number of fused-ring (bicyclic) bond motifs is 1. The van der Waals surface area contributed by atoms with Crippen LogP contribution in [0.5, 0.6) is 0 Å². The van der Waals surface area contributed by atoms with Crippen molar-refractivity contribution in [2.75, 3.05) is 0 Å². The molecule has 1 heterocycles. The van der Waals surface area contributed by atoms with Crippen molar-refractivity contribution in [2.24, 2.45) is 0 Å². The Bertz CT molecular complexity index is 684. The minimum absolute atomic E-state index is 0. The fourth-order valence-electron chi connectivity index (χ4n) is 1.95. The Hall–Kier alpha value is -1.32. The van der Waals surface area contributed by atoms with Crippen molar-refractivity contribution < 1.29 is 32.7 Å². The van der Waals surface area contributed by atoms with Gasteiger partial charge in [0, 0.05) is 44.8 Å². The Balaban J connectivity index is 0.000000706. The van der Waals surface area contributed by atoms with Crippen molar-refractivity contribution in [1.29, 1.82) is 0 Å². The van der Waals surface area contributed by atoms with Gasteiger partial charge in [0.15, 0.2) is 0 Å². The summed E-state index contributed by atoms with van der Waals surface area (Å²) in [5.41, 5.74) is 11.4. The van der Waals surface area contributed by atoms with Gasteiger partial charge in [-0.25, -0.2) is 0 Å². The van der Waals surface area contributed by atoms with Crippen molar-refractivity contribution in [1.82, 2.24) is 9.97 Å². The van der Waals surface area contributed by atoms with E-state index < -0.39 is 0 Å². The summed E-state index contributed by atoms with van der Waals surface area (Å²) in [6, 6.07) is 17.7. The van der Waals surface area contributed by atoms with E-state index in [1.807, 2.05) is 68.4 Å². The van der Waals surface area contributed by atoms with Gasteiger partial charge >= 0.3 is 0 Å². The minimum atomic E-state index is 0. The average Bonchev–Trinajstić information content (AvgIpc) is 2.51. The molecule has 3 aromatic rings. The summed E-state index contributed by atoms with van der Waals surface area (Å²) < 4.78 is 0. The molecule has 21 heavy (non-hydrogen) atoms. The van der Waals surface area contributed by atoms with Crippen LogP contribution in [0.4, 0.5) is 5.82 Å². The van der Waals surface area contributed by atoms with E-state index in [2.05, 4.69) is 9.97 Å². The van der Waals surface area contributed by atoms with Crippen LogP contribution in [-0.4, -0.2) is 9.97 Å². The summed E-state index contributed by atoms with van der Waals surface area (Å²) >= 11 is 0. The normalized spacial score (nSPS) is 9.43. The molecule has 0 saturated carbocycles. The number of para-hydroxylation sites is 2. The van der Waals surface area contributed by atoms with Crippen molar-refractivity contribution in [3.8, 4) is 0 Å². The Morgan fingerprint density at radius 3 is 1.95 bits per heavy atom. The predicted molar refractivity (Wildman–Crippen MR) is 84.1 cm³/mol. The molecule has 4 heteroatoms. The maximum Gasteiger partial charge on any atom is 0.0665 e. The summed E-state index contributed by atoms with van der Waals surface area (Å²) in [7, 11) is 0. The second-order valence-corrected chi connectivity index (χ2v) is 4.17. The largest absolute Gasteiger partial charge is 0.481 e. The standard InChI is InChI=1S/C15H12N3.C2H6.Y/c16-15-14(10-11-6-2-1-3-7-11)17-12-8-4-5-9-13(12)18-15;1-2;/h1-9H,10H2,(H-,16,18);1-2H3;/q-1;;. The maximum absolute atomic E-state index is 7.93. The smallest absolute Gasteiger partial charge is 0.0665 e. The van der Waals surface area contributed by atoms with E-state index in [1.165, 1.54) is 0 Å². The molecule has 0 aliphatic heterocycles. The number of hydrogen-bond acceptors (Lipinski definition) is 2. The molecule has 3 rings (SSSR count). The second kappa shape index (κ2) is 8.86. The molecule has 0 fully saturated rings. The molecule has 105 valence electrons. The zero-order valence-electron chi connectivity index (χ0n) is 12.4. The first-order valence-electron chi connectivity index (χ1n) is 6.84. The van der Waals surface area contributed by atoms with Crippen LogP contribution >= 0.6 is 0 Å². The van der Waals surface area contributed by atoms with Gasteiger partial charge in [0.2, 0.25) is 0 Å². The predicted octanol–water partition coefficient (Wildman–Crippen LogP) is 4.93.